The highest BCUT2D eigenvalue weighted by atomic mass is 16.3. The number of hydrogen-bond donors (Lipinski definition) is 1. The first kappa shape index (κ1) is 11.2. The van der Waals surface area contributed by atoms with Gasteiger partial charge in [-0.1, -0.05) is 48.6 Å². The van der Waals surface area contributed by atoms with Crippen molar-refractivity contribution in [1.82, 2.24) is 0 Å². The van der Waals surface area contributed by atoms with Crippen LogP contribution in [0.25, 0.3) is 5.57 Å². The summed E-state index contributed by atoms with van der Waals surface area (Å²) in [6.07, 6.45) is 3.63. The fourth-order valence-electron chi connectivity index (χ4n) is 2.32. The Morgan fingerprint density at radius 3 is 2.56 bits per heavy atom. The first-order valence-corrected chi connectivity index (χ1v) is 5.78. The predicted molar refractivity (Wildman–Crippen MR) is 68.0 cm³/mol. The number of rotatable bonds is 2. The van der Waals surface area contributed by atoms with Gasteiger partial charge in [-0.3, -0.25) is 0 Å². The Morgan fingerprint density at radius 1 is 1.31 bits per heavy atom. The molecule has 0 aromatic heterocycles. The molecule has 1 heteroatoms. The van der Waals surface area contributed by atoms with Gasteiger partial charge >= 0.3 is 0 Å². The lowest BCUT2D eigenvalue weighted by atomic mass is 9.81. The lowest BCUT2D eigenvalue weighted by Crippen LogP contribution is -2.22. The molecule has 0 unspecified atom stereocenters. The first-order chi connectivity index (χ1) is 7.68. The lowest BCUT2D eigenvalue weighted by molar-refractivity contribution is 0.162. The monoisotopic (exact) mass is 214 g/mol. The van der Waals surface area contributed by atoms with Gasteiger partial charge < -0.3 is 5.11 Å². The summed E-state index contributed by atoms with van der Waals surface area (Å²) in [4.78, 5) is 0. The van der Waals surface area contributed by atoms with Gasteiger partial charge in [-0.2, -0.15) is 0 Å². The highest BCUT2D eigenvalue weighted by Gasteiger charge is 2.23. The quantitative estimate of drug-likeness (QED) is 0.748. The summed E-state index contributed by atoms with van der Waals surface area (Å²) < 4.78 is 0. The van der Waals surface area contributed by atoms with Gasteiger partial charge in [-0.15, -0.1) is 0 Å². The molecule has 1 aromatic rings. The SMILES string of the molecule is C=C(C)[C@H]1CCC(c2ccccc2)=C[C@@H]1O. The maximum atomic E-state index is 10.0. The first-order valence-electron chi connectivity index (χ1n) is 5.78. The number of aliphatic hydroxyl groups is 1. The van der Waals surface area contributed by atoms with Crippen molar-refractivity contribution in [1.29, 1.82) is 0 Å². The summed E-state index contributed by atoms with van der Waals surface area (Å²) in [6, 6.07) is 10.3. The molecule has 0 bridgehead atoms. The minimum atomic E-state index is -0.374. The molecule has 1 aromatic carbocycles. The van der Waals surface area contributed by atoms with Gasteiger partial charge in [0, 0.05) is 5.92 Å². The average molecular weight is 214 g/mol. The molecule has 1 aliphatic rings. The number of aliphatic hydroxyl groups excluding tert-OH is 1. The molecular formula is C15H18O. The van der Waals surface area contributed by atoms with Crippen LogP contribution in [0.4, 0.5) is 0 Å². The maximum absolute atomic E-state index is 10.0. The predicted octanol–water partition coefficient (Wildman–Crippen LogP) is 3.42. The molecule has 1 nitrogen and oxygen atoms in total. The van der Waals surface area contributed by atoms with Gasteiger partial charge in [0.05, 0.1) is 6.10 Å². The highest BCUT2D eigenvalue weighted by molar-refractivity contribution is 5.67. The molecule has 16 heavy (non-hydrogen) atoms. The number of benzene rings is 1. The van der Waals surface area contributed by atoms with Crippen LogP contribution in [-0.4, -0.2) is 11.2 Å². The maximum Gasteiger partial charge on any atom is 0.0791 e. The largest absolute Gasteiger partial charge is 0.388 e. The zero-order chi connectivity index (χ0) is 11.5. The molecule has 0 fully saturated rings. The van der Waals surface area contributed by atoms with Gasteiger partial charge in [0.1, 0.15) is 0 Å². The molecular weight excluding hydrogens is 196 g/mol. The lowest BCUT2D eigenvalue weighted by Gasteiger charge is -2.27. The molecule has 0 saturated heterocycles. The van der Waals surface area contributed by atoms with Crippen molar-refractivity contribution in [3.05, 3.63) is 54.1 Å². The summed E-state index contributed by atoms with van der Waals surface area (Å²) in [6.45, 7) is 5.93. The number of allylic oxidation sites excluding steroid dienone is 1. The van der Waals surface area contributed by atoms with Crippen molar-refractivity contribution in [2.24, 2.45) is 5.92 Å². The van der Waals surface area contributed by atoms with E-state index in [-0.39, 0.29) is 12.0 Å². The Kier molecular flexibility index (Phi) is 3.25. The Labute approximate surface area is 97.1 Å². The second-order valence-electron chi connectivity index (χ2n) is 4.54. The zero-order valence-electron chi connectivity index (χ0n) is 9.69. The number of hydrogen-bond acceptors (Lipinski definition) is 1. The van der Waals surface area contributed by atoms with E-state index in [4.69, 9.17) is 0 Å². The molecule has 0 saturated carbocycles. The van der Waals surface area contributed by atoms with Crippen molar-refractivity contribution >= 4 is 5.57 Å². The van der Waals surface area contributed by atoms with Crippen molar-refractivity contribution < 1.29 is 5.11 Å². The second kappa shape index (κ2) is 4.67. The Bertz CT molecular complexity index is 403. The van der Waals surface area contributed by atoms with Crippen LogP contribution in [0.5, 0.6) is 0 Å². The average Bonchev–Trinajstić information content (AvgIpc) is 2.29. The Balaban J connectivity index is 2.21. The van der Waals surface area contributed by atoms with Crippen LogP contribution < -0.4 is 0 Å². The molecule has 84 valence electrons. The third-order valence-electron chi connectivity index (χ3n) is 3.29. The van der Waals surface area contributed by atoms with E-state index in [9.17, 15) is 5.11 Å². The zero-order valence-corrected chi connectivity index (χ0v) is 9.69. The van der Waals surface area contributed by atoms with Gasteiger partial charge in [-0.05, 0) is 30.9 Å². The summed E-state index contributed by atoms with van der Waals surface area (Å²) in [5, 5.41) is 10.0. The van der Waals surface area contributed by atoms with Crippen molar-refractivity contribution in [2.75, 3.05) is 0 Å². The molecule has 0 aliphatic heterocycles. The minimum Gasteiger partial charge on any atom is -0.388 e. The van der Waals surface area contributed by atoms with Crippen LogP contribution in [0.15, 0.2) is 48.6 Å². The van der Waals surface area contributed by atoms with E-state index in [1.165, 1.54) is 11.1 Å². The van der Waals surface area contributed by atoms with Crippen LogP contribution in [0.2, 0.25) is 0 Å². The van der Waals surface area contributed by atoms with Crippen molar-refractivity contribution in [2.45, 2.75) is 25.9 Å². The molecule has 2 rings (SSSR count). The molecule has 0 heterocycles. The van der Waals surface area contributed by atoms with Crippen LogP contribution in [-0.2, 0) is 0 Å². The third-order valence-corrected chi connectivity index (χ3v) is 3.29. The van der Waals surface area contributed by atoms with Gasteiger partial charge in [0.2, 0.25) is 0 Å². The third kappa shape index (κ3) is 2.25. The smallest absolute Gasteiger partial charge is 0.0791 e. The summed E-state index contributed by atoms with van der Waals surface area (Å²) in [5.74, 6) is 0.229. The second-order valence-corrected chi connectivity index (χ2v) is 4.54. The van der Waals surface area contributed by atoms with Crippen LogP contribution >= 0.6 is 0 Å². The van der Waals surface area contributed by atoms with Gasteiger partial charge in [0.25, 0.3) is 0 Å². The normalized spacial score (nSPS) is 25.0. The van der Waals surface area contributed by atoms with E-state index < -0.39 is 0 Å². The fourth-order valence-corrected chi connectivity index (χ4v) is 2.32. The molecule has 1 N–H and O–H groups in total. The summed E-state index contributed by atoms with van der Waals surface area (Å²) >= 11 is 0. The molecule has 0 spiro atoms. The fraction of sp³-hybridized carbons (Fsp3) is 0.333. The van der Waals surface area contributed by atoms with E-state index in [2.05, 4.69) is 18.7 Å². The van der Waals surface area contributed by atoms with Crippen LogP contribution in [0.1, 0.15) is 25.3 Å². The van der Waals surface area contributed by atoms with E-state index >= 15 is 0 Å². The highest BCUT2D eigenvalue weighted by Crippen LogP contribution is 2.33. The molecule has 0 amide bonds. The van der Waals surface area contributed by atoms with Crippen molar-refractivity contribution in [3.63, 3.8) is 0 Å². The van der Waals surface area contributed by atoms with Crippen molar-refractivity contribution in [3.8, 4) is 0 Å². The molecule has 1 aliphatic carbocycles. The minimum absolute atomic E-state index is 0.229. The van der Waals surface area contributed by atoms with E-state index in [1.807, 2.05) is 31.2 Å². The van der Waals surface area contributed by atoms with Crippen LogP contribution in [0, 0.1) is 5.92 Å². The van der Waals surface area contributed by atoms with Gasteiger partial charge in [-0.25, -0.2) is 0 Å². The molecule has 2 atom stereocenters. The molecule has 0 radical (unpaired) electrons. The van der Waals surface area contributed by atoms with Gasteiger partial charge in [0.15, 0.2) is 0 Å². The topological polar surface area (TPSA) is 20.2 Å². The Hall–Kier alpha value is -1.34. The summed E-state index contributed by atoms with van der Waals surface area (Å²) in [5.41, 5.74) is 3.56. The van der Waals surface area contributed by atoms with Crippen LogP contribution in [0.3, 0.4) is 0 Å². The standard InChI is InChI=1S/C15H18O/c1-11(2)14-9-8-13(10-15(14)16)12-6-4-3-5-7-12/h3-7,10,14-16H,1,8-9H2,2H3/t14-,15+/m1/s1. The van der Waals surface area contributed by atoms with E-state index in [0.29, 0.717) is 0 Å². The summed E-state index contributed by atoms with van der Waals surface area (Å²) in [7, 11) is 0. The Morgan fingerprint density at radius 2 is 2.00 bits per heavy atom. The van der Waals surface area contributed by atoms with E-state index in [1.54, 1.807) is 0 Å². The van der Waals surface area contributed by atoms with E-state index in [0.717, 1.165) is 18.4 Å².